The highest BCUT2D eigenvalue weighted by Gasteiger charge is 2.43. The van der Waals surface area contributed by atoms with Crippen LogP contribution in [0.2, 0.25) is 0 Å². The van der Waals surface area contributed by atoms with Gasteiger partial charge < -0.3 is 4.90 Å². The molecule has 108 valence electrons. The highest BCUT2D eigenvalue weighted by molar-refractivity contribution is 5.68. The molecular formula is C20H23N. The first-order chi connectivity index (χ1) is 9.97. The third-order valence-electron chi connectivity index (χ3n) is 5.31. The molecule has 0 spiro atoms. The van der Waals surface area contributed by atoms with Crippen molar-refractivity contribution in [2.45, 2.75) is 44.6 Å². The van der Waals surface area contributed by atoms with Crippen LogP contribution in [-0.2, 0) is 11.8 Å². The summed E-state index contributed by atoms with van der Waals surface area (Å²) in [5, 5.41) is 0. The fourth-order valence-corrected chi connectivity index (χ4v) is 4.08. The summed E-state index contributed by atoms with van der Waals surface area (Å²) in [6.45, 7) is 6.90. The quantitative estimate of drug-likeness (QED) is 0.686. The van der Waals surface area contributed by atoms with Gasteiger partial charge in [-0.2, -0.15) is 0 Å². The van der Waals surface area contributed by atoms with Crippen molar-refractivity contribution < 1.29 is 0 Å². The Labute approximate surface area is 127 Å². The second-order valence-corrected chi connectivity index (χ2v) is 7.58. The van der Waals surface area contributed by atoms with Crippen LogP contribution >= 0.6 is 0 Å². The molecule has 0 fully saturated rings. The van der Waals surface area contributed by atoms with Gasteiger partial charge in [-0.1, -0.05) is 57.2 Å². The van der Waals surface area contributed by atoms with E-state index in [1.807, 2.05) is 0 Å². The van der Waals surface area contributed by atoms with Crippen molar-refractivity contribution in [2.75, 3.05) is 11.9 Å². The molecule has 2 atom stereocenters. The van der Waals surface area contributed by atoms with Crippen molar-refractivity contribution in [1.29, 1.82) is 0 Å². The van der Waals surface area contributed by atoms with Crippen LogP contribution in [0.3, 0.4) is 0 Å². The van der Waals surface area contributed by atoms with Crippen LogP contribution in [0.5, 0.6) is 0 Å². The number of hydrogen-bond donors (Lipinski definition) is 0. The second kappa shape index (κ2) is 4.13. The van der Waals surface area contributed by atoms with Gasteiger partial charge in [-0.3, -0.25) is 0 Å². The Bertz CT molecular complexity index is 708. The lowest BCUT2D eigenvalue weighted by Crippen LogP contribution is -2.28. The summed E-state index contributed by atoms with van der Waals surface area (Å²) in [6, 6.07) is 16.7. The molecule has 1 heterocycles. The van der Waals surface area contributed by atoms with Crippen molar-refractivity contribution in [3.05, 3.63) is 64.7 Å². The highest BCUT2D eigenvalue weighted by Crippen LogP contribution is 2.50. The molecule has 0 aromatic heterocycles. The van der Waals surface area contributed by atoms with Crippen LogP contribution < -0.4 is 4.90 Å². The summed E-state index contributed by atoms with van der Waals surface area (Å²) >= 11 is 0. The Balaban J connectivity index is 1.89. The van der Waals surface area contributed by atoms with E-state index in [1.165, 1.54) is 28.8 Å². The van der Waals surface area contributed by atoms with E-state index in [-0.39, 0.29) is 5.41 Å². The van der Waals surface area contributed by atoms with Gasteiger partial charge in [0.05, 0.1) is 0 Å². The third-order valence-corrected chi connectivity index (χ3v) is 5.31. The molecule has 0 N–H and O–H groups in total. The first kappa shape index (κ1) is 12.9. The average Bonchev–Trinajstić information content (AvgIpc) is 2.95. The summed E-state index contributed by atoms with van der Waals surface area (Å²) in [4.78, 5) is 2.49. The van der Waals surface area contributed by atoms with E-state index in [1.54, 1.807) is 5.56 Å². The van der Waals surface area contributed by atoms with E-state index in [0.717, 1.165) is 0 Å². The minimum absolute atomic E-state index is 0.212. The minimum Gasteiger partial charge on any atom is -0.370 e. The van der Waals surface area contributed by atoms with Crippen molar-refractivity contribution in [2.24, 2.45) is 0 Å². The number of nitrogens with zero attached hydrogens (tertiary/aromatic N) is 1. The van der Waals surface area contributed by atoms with Gasteiger partial charge in [0.15, 0.2) is 0 Å². The molecule has 0 saturated heterocycles. The van der Waals surface area contributed by atoms with Crippen molar-refractivity contribution in [3.8, 4) is 0 Å². The third kappa shape index (κ3) is 1.76. The molecule has 1 heteroatoms. The smallest absolute Gasteiger partial charge is 0.0437 e. The number of fused-ring (bicyclic) bond motifs is 5. The van der Waals surface area contributed by atoms with Crippen LogP contribution in [0.4, 0.5) is 5.69 Å². The fraction of sp³-hybridized carbons (Fsp3) is 0.400. The zero-order valence-corrected chi connectivity index (χ0v) is 13.4. The van der Waals surface area contributed by atoms with Gasteiger partial charge in [-0.15, -0.1) is 0 Å². The van der Waals surface area contributed by atoms with Crippen molar-refractivity contribution in [1.82, 2.24) is 0 Å². The molecule has 2 aromatic rings. The fourth-order valence-electron chi connectivity index (χ4n) is 4.08. The SMILES string of the molecule is CN1c2ccc(C(C)(C)C)cc2C2c3ccccc3CC21. The largest absolute Gasteiger partial charge is 0.370 e. The topological polar surface area (TPSA) is 3.24 Å². The molecule has 0 bridgehead atoms. The maximum absolute atomic E-state index is 2.49. The Hall–Kier alpha value is -1.76. The summed E-state index contributed by atoms with van der Waals surface area (Å²) in [6.07, 6.45) is 1.18. The maximum atomic E-state index is 2.49. The standard InChI is InChI=1S/C20H23N/c1-20(2,3)14-9-10-17-16(12-14)19-15-8-6-5-7-13(15)11-18(19)21(17)4/h5-10,12,18-19H,11H2,1-4H3. The van der Waals surface area contributed by atoms with Gasteiger partial charge in [0.2, 0.25) is 0 Å². The Kier molecular flexibility index (Phi) is 2.54. The monoisotopic (exact) mass is 277 g/mol. The van der Waals surface area contributed by atoms with Gasteiger partial charge in [0, 0.05) is 24.7 Å². The number of hydrogen-bond acceptors (Lipinski definition) is 1. The predicted molar refractivity (Wildman–Crippen MR) is 89.3 cm³/mol. The maximum Gasteiger partial charge on any atom is 0.0437 e. The first-order valence-electron chi connectivity index (χ1n) is 7.92. The molecule has 0 saturated carbocycles. The molecule has 0 amide bonds. The summed E-state index contributed by atoms with van der Waals surface area (Å²) < 4.78 is 0. The van der Waals surface area contributed by atoms with E-state index in [0.29, 0.717) is 12.0 Å². The molecule has 2 aromatic carbocycles. The van der Waals surface area contributed by atoms with E-state index in [2.05, 4.69) is 75.2 Å². The van der Waals surface area contributed by atoms with Gasteiger partial charge >= 0.3 is 0 Å². The Morgan fingerprint density at radius 1 is 1.00 bits per heavy atom. The average molecular weight is 277 g/mol. The van der Waals surface area contributed by atoms with Crippen molar-refractivity contribution >= 4 is 5.69 Å². The van der Waals surface area contributed by atoms with Crippen LogP contribution in [0.25, 0.3) is 0 Å². The minimum atomic E-state index is 0.212. The zero-order chi connectivity index (χ0) is 14.8. The number of likely N-dealkylation sites (N-methyl/N-ethyl adjacent to an activating group) is 1. The lowest BCUT2D eigenvalue weighted by molar-refractivity contribution is 0.588. The van der Waals surface area contributed by atoms with Crippen LogP contribution in [0.1, 0.15) is 48.9 Å². The Morgan fingerprint density at radius 3 is 2.52 bits per heavy atom. The van der Waals surface area contributed by atoms with E-state index in [9.17, 15) is 0 Å². The molecule has 1 aliphatic heterocycles. The summed E-state index contributed by atoms with van der Waals surface area (Å²) in [5.74, 6) is 0.559. The normalized spacial score (nSPS) is 23.0. The first-order valence-corrected chi connectivity index (χ1v) is 7.92. The Morgan fingerprint density at radius 2 is 1.76 bits per heavy atom. The molecule has 1 nitrogen and oxygen atoms in total. The molecule has 2 aliphatic rings. The molecule has 2 unspecified atom stereocenters. The summed E-state index contributed by atoms with van der Waals surface area (Å²) in [7, 11) is 2.26. The molecule has 1 aliphatic carbocycles. The molecular weight excluding hydrogens is 254 g/mol. The van der Waals surface area contributed by atoms with Gasteiger partial charge in [-0.25, -0.2) is 0 Å². The van der Waals surface area contributed by atoms with Crippen LogP contribution in [0, 0.1) is 0 Å². The van der Waals surface area contributed by atoms with Gasteiger partial charge in [0.25, 0.3) is 0 Å². The van der Waals surface area contributed by atoms with Crippen LogP contribution in [-0.4, -0.2) is 13.1 Å². The van der Waals surface area contributed by atoms with Crippen molar-refractivity contribution in [3.63, 3.8) is 0 Å². The molecule has 21 heavy (non-hydrogen) atoms. The molecule has 4 rings (SSSR count). The number of rotatable bonds is 0. The second-order valence-electron chi connectivity index (χ2n) is 7.58. The van der Waals surface area contributed by atoms with Gasteiger partial charge in [0.1, 0.15) is 0 Å². The lowest BCUT2D eigenvalue weighted by Gasteiger charge is -2.22. The zero-order valence-electron chi connectivity index (χ0n) is 13.4. The predicted octanol–water partition coefficient (Wildman–Crippen LogP) is 4.49. The number of anilines is 1. The van der Waals surface area contributed by atoms with Gasteiger partial charge in [-0.05, 0) is 40.2 Å². The van der Waals surface area contributed by atoms with E-state index in [4.69, 9.17) is 0 Å². The molecule has 0 radical (unpaired) electrons. The van der Waals surface area contributed by atoms with E-state index < -0.39 is 0 Å². The van der Waals surface area contributed by atoms with E-state index >= 15 is 0 Å². The number of benzene rings is 2. The van der Waals surface area contributed by atoms with Crippen LogP contribution in [0.15, 0.2) is 42.5 Å². The summed E-state index contributed by atoms with van der Waals surface area (Å²) in [5.41, 5.74) is 7.68. The lowest BCUT2D eigenvalue weighted by atomic mass is 9.83. The highest BCUT2D eigenvalue weighted by atomic mass is 15.2.